The van der Waals surface area contributed by atoms with E-state index in [1.807, 2.05) is 13.8 Å². The normalized spacial score (nSPS) is 13.6. The molecule has 0 aliphatic heterocycles. The maximum absolute atomic E-state index is 11.5. The molecule has 0 aromatic heterocycles. The Morgan fingerprint density at radius 3 is 2.15 bits per heavy atom. The van der Waals surface area contributed by atoms with E-state index in [0.29, 0.717) is 25.5 Å². The van der Waals surface area contributed by atoms with E-state index in [2.05, 4.69) is 15.6 Å². The van der Waals surface area contributed by atoms with Crippen LogP contribution >= 0.6 is 24.0 Å². The van der Waals surface area contributed by atoms with Gasteiger partial charge in [-0.3, -0.25) is 0 Å². The number of nitrogens with zero attached hydrogens (tertiary/aromatic N) is 1. The van der Waals surface area contributed by atoms with E-state index in [9.17, 15) is 16.8 Å². The minimum Gasteiger partial charge on any atom is -0.357 e. The first-order valence-corrected chi connectivity index (χ1v) is 12.0. The van der Waals surface area contributed by atoms with Gasteiger partial charge in [0.25, 0.3) is 0 Å². The number of guanidine groups is 1. The topological polar surface area (TPSA) is 105 Å². The molecule has 1 unspecified atom stereocenters. The highest BCUT2D eigenvalue weighted by Crippen LogP contribution is 2.11. The second-order valence-electron chi connectivity index (χ2n) is 6.08. The molecule has 2 N–H and O–H groups in total. The van der Waals surface area contributed by atoms with Gasteiger partial charge in [-0.1, -0.05) is 12.1 Å². The SMILES string of the molecule is CCNC(=NCc1ccc(S(C)(=O)=O)cc1)NC(C)CCS(C)(=O)=O.I. The number of sulfone groups is 2. The minimum atomic E-state index is -3.20. The third kappa shape index (κ3) is 10.3. The van der Waals surface area contributed by atoms with Crippen LogP contribution in [-0.2, 0) is 26.2 Å². The highest BCUT2D eigenvalue weighted by atomic mass is 127. The third-order valence-corrected chi connectivity index (χ3v) is 5.53. The Bertz CT molecular complexity index is 791. The van der Waals surface area contributed by atoms with Crippen LogP contribution in [0.4, 0.5) is 0 Å². The van der Waals surface area contributed by atoms with Crippen molar-refractivity contribution in [1.82, 2.24) is 10.6 Å². The molecular formula is C16H28IN3O4S2. The molecule has 0 amide bonds. The first-order chi connectivity index (χ1) is 11.5. The summed E-state index contributed by atoms with van der Waals surface area (Å²) in [5.74, 6) is 0.712. The number of hydrogen-bond acceptors (Lipinski definition) is 5. The summed E-state index contributed by atoms with van der Waals surface area (Å²) in [6.45, 7) is 4.91. The standard InChI is InChI=1S/C16H27N3O4S2.HI/c1-5-17-16(19-13(2)10-11-24(3,20)21)18-12-14-6-8-15(9-7-14)25(4,22)23;/h6-9,13H,5,10-12H2,1-4H3,(H2,17,18,19);1H. The lowest BCUT2D eigenvalue weighted by molar-refractivity contribution is 0.581. The molecule has 0 saturated heterocycles. The molecule has 0 fully saturated rings. The van der Waals surface area contributed by atoms with Gasteiger partial charge in [0.1, 0.15) is 9.84 Å². The molecule has 1 rings (SSSR count). The summed E-state index contributed by atoms with van der Waals surface area (Å²) in [4.78, 5) is 4.73. The zero-order valence-corrected chi connectivity index (χ0v) is 19.5. The fraction of sp³-hybridized carbons (Fsp3) is 0.562. The molecule has 26 heavy (non-hydrogen) atoms. The van der Waals surface area contributed by atoms with Crippen molar-refractivity contribution in [1.29, 1.82) is 0 Å². The van der Waals surface area contributed by atoms with Crippen molar-refractivity contribution < 1.29 is 16.8 Å². The van der Waals surface area contributed by atoms with Crippen LogP contribution in [0.2, 0.25) is 0 Å². The zero-order chi connectivity index (χ0) is 19.1. The monoisotopic (exact) mass is 517 g/mol. The summed E-state index contributed by atoms with van der Waals surface area (Å²) in [5, 5.41) is 6.29. The van der Waals surface area contributed by atoms with Crippen molar-refractivity contribution in [2.75, 3.05) is 24.8 Å². The number of rotatable bonds is 8. The van der Waals surface area contributed by atoms with Crippen LogP contribution in [0.5, 0.6) is 0 Å². The fourth-order valence-corrected chi connectivity index (χ4v) is 3.44. The van der Waals surface area contributed by atoms with Gasteiger partial charge in [0.05, 0.1) is 17.2 Å². The molecule has 0 heterocycles. The summed E-state index contributed by atoms with van der Waals surface area (Å²) in [7, 11) is -6.19. The lowest BCUT2D eigenvalue weighted by Crippen LogP contribution is -2.42. The van der Waals surface area contributed by atoms with Crippen molar-refractivity contribution in [2.24, 2.45) is 4.99 Å². The van der Waals surface area contributed by atoms with Crippen molar-refractivity contribution in [3.05, 3.63) is 29.8 Å². The quantitative estimate of drug-likeness (QED) is 0.308. The summed E-state index contributed by atoms with van der Waals surface area (Å²) in [6, 6.07) is 6.55. The van der Waals surface area contributed by atoms with Gasteiger partial charge < -0.3 is 10.6 Å². The molecule has 0 spiro atoms. The van der Waals surface area contributed by atoms with Crippen molar-refractivity contribution in [3.63, 3.8) is 0 Å². The number of nitrogens with one attached hydrogen (secondary N) is 2. The smallest absolute Gasteiger partial charge is 0.191 e. The first kappa shape index (κ1) is 25.1. The van der Waals surface area contributed by atoms with Crippen LogP contribution in [0.15, 0.2) is 34.2 Å². The molecule has 7 nitrogen and oxygen atoms in total. The van der Waals surface area contributed by atoms with Gasteiger partial charge in [0.15, 0.2) is 15.8 Å². The predicted octanol–water partition coefficient (Wildman–Crippen LogP) is 1.59. The molecule has 1 atom stereocenters. The van der Waals surface area contributed by atoms with E-state index in [-0.39, 0.29) is 40.7 Å². The Hall–Kier alpha value is -0.880. The van der Waals surface area contributed by atoms with Gasteiger partial charge in [-0.25, -0.2) is 21.8 Å². The van der Waals surface area contributed by atoms with Crippen LogP contribution in [0.25, 0.3) is 0 Å². The highest BCUT2D eigenvalue weighted by Gasteiger charge is 2.10. The summed E-state index contributed by atoms with van der Waals surface area (Å²) in [5.41, 5.74) is 0.883. The molecule has 0 aliphatic carbocycles. The van der Waals surface area contributed by atoms with Gasteiger partial charge in [-0.15, -0.1) is 24.0 Å². The lowest BCUT2D eigenvalue weighted by atomic mass is 10.2. The number of hydrogen-bond donors (Lipinski definition) is 2. The van der Waals surface area contributed by atoms with Crippen LogP contribution in [0, 0.1) is 0 Å². The van der Waals surface area contributed by atoms with Crippen molar-refractivity contribution >= 4 is 49.6 Å². The Labute approximate surface area is 173 Å². The number of aliphatic imine (C=N–C) groups is 1. The number of halogens is 1. The summed E-state index contributed by atoms with van der Waals surface area (Å²) < 4.78 is 45.4. The van der Waals surface area contributed by atoms with Crippen LogP contribution in [-0.4, -0.2) is 53.6 Å². The zero-order valence-electron chi connectivity index (χ0n) is 15.5. The maximum atomic E-state index is 11.5. The first-order valence-electron chi connectivity index (χ1n) is 8.03. The van der Waals surface area contributed by atoms with E-state index in [0.717, 1.165) is 5.56 Å². The molecule has 0 radical (unpaired) electrons. The van der Waals surface area contributed by atoms with Gasteiger partial charge in [0, 0.05) is 25.1 Å². The molecular weight excluding hydrogens is 489 g/mol. The van der Waals surface area contributed by atoms with Crippen molar-refractivity contribution in [3.8, 4) is 0 Å². The van der Waals surface area contributed by atoms with Crippen molar-refractivity contribution in [2.45, 2.75) is 37.8 Å². The molecule has 1 aromatic rings. The lowest BCUT2D eigenvalue weighted by Gasteiger charge is -2.17. The molecule has 0 aliphatic rings. The maximum Gasteiger partial charge on any atom is 0.191 e. The minimum absolute atomic E-state index is 0. The van der Waals surface area contributed by atoms with Crippen LogP contribution in [0.3, 0.4) is 0 Å². The molecule has 150 valence electrons. The molecule has 10 heteroatoms. The fourth-order valence-electron chi connectivity index (χ4n) is 2.03. The Balaban J connectivity index is 0.00000625. The molecule has 1 aromatic carbocycles. The van der Waals surface area contributed by atoms with E-state index in [1.165, 1.54) is 12.5 Å². The predicted molar refractivity (Wildman–Crippen MR) is 117 cm³/mol. The van der Waals surface area contributed by atoms with Gasteiger partial charge >= 0.3 is 0 Å². The van der Waals surface area contributed by atoms with Crippen LogP contribution in [0.1, 0.15) is 25.8 Å². The van der Waals surface area contributed by atoms with E-state index in [1.54, 1.807) is 24.3 Å². The Morgan fingerprint density at radius 1 is 1.12 bits per heavy atom. The number of benzene rings is 1. The van der Waals surface area contributed by atoms with Gasteiger partial charge in [-0.05, 0) is 38.0 Å². The third-order valence-electron chi connectivity index (χ3n) is 3.42. The second-order valence-corrected chi connectivity index (χ2v) is 10.4. The summed E-state index contributed by atoms with van der Waals surface area (Å²) in [6.07, 6.45) is 2.89. The van der Waals surface area contributed by atoms with Gasteiger partial charge in [0.2, 0.25) is 0 Å². The highest BCUT2D eigenvalue weighted by molar-refractivity contribution is 14.0. The average molecular weight is 517 g/mol. The average Bonchev–Trinajstić information content (AvgIpc) is 2.50. The molecule has 0 bridgehead atoms. The second kappa shape index (κ2) is 11.1. The van der Waals surface area contributed by atoms with E-state index < -0.39 is 19.7 Å². The molecule has 0 saturated carbocycles. The summed E-state index contributed by atoms with van der Waals surface area (Å²) >= 11 is 0. The van der Waals surface area contributed by atoms with E-state index >= 15 is 0 Å². The van der Waals surface area contributed by atoms with E-state index in [4.69, 9.17) is 0 Å². The largest absolute Gasteiger partial charge is 0.357 e. The Morgan fingerprint density at radius 2 is 1.69 bits per heavy atom. The van der Waals surface area contributed by atoms with Crippen LogP contribution < -0.4 is 10.6 Å². The Kier molecular flexibility index (Phi) is 10.7. The van der Waals surface area contributed by atoms with Gasteiger partial charge in [-0.2, -0.15) is 0 Å².